The largest absolute Gasteiger partial charge is 0.496 e. The van der Waals surface area contributed by atoms with E-state index in [4.69, 9.17) is 14.2 Å². The molecule has 1 atom stereocenters. The summed E-state index contributed by atoms with van der Waals surface area (Å²) in [5.74, 6) is 0.0881. The second-order valence-corrected chi connectivity index (χ2v) is 11.7. The molecule has 3 aromatic carbocycles. The van der Waals surface area contributed by atoms with Crippen LogP contribution in [0.4, 0.5) is 10.8 Å². The van der Waals surface area contributed by atoms with Crippen LogP contribution in [0.5, 0.6) is 17.2 Å². The Balaban J connectivity index is 1.59. The van der Waals surface area contributed by atoms with Crippen molar-refractivity contribution in [2.75, 3.05) is 32.0 Å². The van der Waals surface area contributed by atoms with E-state index in [1.807, 2.05) is 25.3 Å². The van der Waals surface area contributed by atoms with Gasteiger partial charge in [0.2, 0.25) is 5.91 Å². The predicted molar refractivity (Wildman–Crippen MR) is 178 cm³/mol. The van der Waals surface area contributed by atoms with E-state index in [1.54, 1.807) is 60.7 Å². The van der Waals surface area contributed by atoms with Gasteiger partial charge in [0.25, 0.3) is 11.8 Å². The van der Waals surface area contributed by atoms with E-state index in [0.29, 0.717) is 45.6 Å². The minimum absolute atomic E-state index is 0.0306. The summed E-state index contributed by atoms with van der Waals surface area (Å²) in [7, 11) is 4.50. The summed E-state index contributed by atoms with van der Waals surface area (Å²) >= 11 is 2.76. The first-order valence-corrected chi connectivity index (χ1v) is 15.7. The topological polar surface area (TPSA) is 128 Å². The fourth-order valence-corrected chi connectivity index (χ4v) is 5.90. The highest BCUT2D eigenvalue weighted by atomic mass is 32.2. The molecule has 12 heteroatoms. The molecule has 0 spiro atoms. The summed E-state index contributed by atoms with van der Waals surface area (Å²) in [4.78, 5) is 44.9. The molecule has 0 radical (unpaired) electrons. The molecule has 45 heavy (non-hydrogen) atoms. The van der Waals surface area contributed by atoms with E-state index in [9.17, 15) is 14.4 Å². The molecule has 4 rings (SSSR count). The van der Waals surface area contributed by atoms with Crippen LogP contribution in [0.1, 0.15) is 35.0 Å². The third kappa shape index (κ3) is 8.87. The molecule has 1 aromatic heterocycles. The Morgan fingerprint density at radius 1 is 0.911 bits per heavy atom. The van der Waals surface area contributed by atoms with Gasteiger partial charge in [0.05, 0.1) is 32.3 Å². The number of hydrogen-bond acceptors (Lipinski definition) is 9. The molecule has 0 bridgehead atoms. The van der Waals surface area contributed by atoms with E-state index in [1.165, 1.54) is 50.5 Å². The van der Waals surface area contributed by atoms with E-state index in [-0.39, 0.29) is 16.9 Å². The van der Waals surface area contributed by atoms with Gasteiger partial charge in [-0.1, -0.05) is 31.2 Å². The van der Waals surface area contributed by atoms with Crippen molar-refractivity contribution in [1.29, 1.82) is 0 Å². The molecule has 4 aromatic rings. The van der Waals surface area contributed by atoms with Crippen molar-refractivity contribution >= 4 is 57.7 Å². The number of hydrogen-bond donors (Lipinski definition) is 3. The highest BCUT2D eigenvalue weighted by molar-refractivity contribution is 8.00. The minimum atomic E-state index is -0.567. The standard InChI is InChI=1S/C33H34N4O6S2/c1-6-29(32(40)37-33-34-20(2)19-44-33)45-24-14-10-13-23(17-24)35-31(39)25(36-30(38)21-11-8-7-9-12-21)15-22-16-27(42-4)28(43-5)18-26(22)41-3/h7-19,29H,6H2,1-5H3,(H,35,39)(H,36,38)(H,34,37,40)/b25-15+. The Labute approximate surface area is 270 Å². The summed E-state index contributed by atoms with van der Waals surface area (Å²) in [5, 5.41) is 10.5. The molecule has 0 aliphatic rings. The van der Waals surface area contributed by atoms with E-state index >= 15 is 0 Å². The third-order valence-electron chi connectivity index (χ3n) is 6.45. The lowest BCUT2D eigenvalue weighted by Gasteiger charge is -2.16. The first-order valence-electron chi connectivity index (χ1n) is 13.9. The van der Waals surface area contributed by atoms with Crippen molar-refractivity contribution in [2.45, 2.75) is 30.4 Å². The van der Waals surface area contributed by atoms with Crippen molar-refractivity contribution in [3.63, 3.8) is 0 Å². The van der Waals surface area contributed by atoms with Gasteiger partial charge < -0.3 is 30.2 Å². The molecule has 0 fully saturated rings. The van der Waals surface area contributed by atoms with E-state index in [2.05, 4.69) is 20.9 Å². The third-order valence-corrected chi connectivity index (χ3v) is 8.68. The van der Waals surface area contributed by atoms with E-state index in [0.717, 1.165) is 10.6 Å². The number of anilines is 2. The normalized spacial score (nSPS) is 11.7. The molecule has 10 nitrogen and oxygen atoms in total. The average Bonchev–Trinajstić information content (AvgIpc) is 3.47. The fraction of sp³-hybridized carbons (Fsp3) is 0.212. The zero-order valence-electron chi connectivity index (χ0n) is 25.5. The van der Waals surface area contributed by atoms with Crippen LogP contribution in [0.15, 0.2) is 82.7 Å². The SMILES string of the molecule is CCC(Sc1cccc(NC(=O)/C(=C\c2cc(OC)c(OC)cc2OC)NC(=O)c2ccccc2)c1)C(=O)Nc1nc(C)cs1. The first kappa shape index (κ1) is 33.1. The first-order chi connectivity index (χ1) is 21.7. The lowest BCUT2D eigenvalue weighted by atomic mass is 10.1. The molecule has 1 unspecified atom stereocenters. The molecule has 3 N–H and O–H groups in total. The number of aryl methyl sites for hydroxylation is 1. The van der Waals surface area contributed by atoms with Gasteiger partial charge in [0, 0.05) is 33.2 Å². The zero-order chi connectivity index (χ0) is 32.3. The number of thioether (sulfide) groups is 1. The zero-order valence-corrected chi connectivity index (χ0v) is 27.1. The molecule has 234 valence electrons. The van der Waals surface area contributed by atoms with Gasteiger partial charge in [0.15, 0.2) is 16.6 Å². The fourth-order valence-electron chi connectivity index (χ4n) is 4.19. The monoisotopic (exact) mass is 646 g/mol. The quantitative estimate of drug-likeness (QED) is 0.113. The Bertz CT molecular complexity index is 1690. The molecule has 1 heterocycles. The number of thiazole rings is 1. The van der Waals surface area contributed by atoms with Gasteiger partial charge >= 0.3 is 0 Å². The number of aromatic nitrogens is 1. The number of methoxy groups -OCH3 is 3. The van der Waals surface area contributed by atoms with Crippen molar-refractivity contribution in [1.82, 2.24) is 10.3 Å². The van der Waals surface area contributed by atoms with Crippen LogP contribution in [0.3, 0.4) is 0 Å². The molecule has 0 aliphatic carbocycles. The molecule has 3 amide bonds. The summed E-state index contributed by atoms with van der Waals surface area (Å²) in [6.07, 6.45) is 2.09. The lowest BCUT2D eigenvalue weighted by molar-refractivity contribution is -0.116. The number of carbonyl (C=O) groups excluding carboxylic acids is 3. The van der Waals surface area contributed by atoms with Gasteiger partial charge in [0.1, 0.15) is 11.4 Å². The van der Waals surface area contributed by atoms with Crippen molar-refractivity contribution in [3.05, 3.63) is 94.6 Å². The van der Waals surface area contributed by atoms with Crippen molar-refractivity contribution < 1.29 is 28.6 Å². The number of rotatable bonds is 13. The number of carbonyl (C=O) groups is 3. The van der Waals surface area contributed by atoms with E-state index < -0.39 is 11.8 Å². The molecule has 0 saturated carbocycles. The summed E-state index contributed by atoms with van der Waals surface area (Å²) in [5.41, 5.74) is 2.15. The van der Waals surface area contributed by atoms with Crippen LogP contribution >= 0.6 is 23.1 Å². The second-order valence-electron chi connectivity index (χ2n) is 9.61. The van der Waals surface area contributed by atoms with Gasteiger partial charge in [-0.05, 0) is 55.8 Å². The Kier molecular flexibility index (Phi) is 11.6. The number of nitrogens with one attached hydrogen (secondary N) is 3. The van der Waals surface area contributed by atoms with Gasteiger partial charge in [-0.15, -0.1) is 23.1 Å². The smallest absolute Gasteiger partial charge is 0.272 e. The summed E-state index contributed by atoms with van der Waals surface area (Å²) < 4.78 is 16.3. The van der Waals surface area contributed by atoms with Gasteiger partial charge in [-0.2, -0.15) is 0 Å². The predicted octanol–water partition coefficient (Wildman–Crippen LogP) is 6.40. The highest BCUT2D eigenvalue weighted by Crippen LogP contribution is 2.36. The van der Waals surface area contributed by atoms with Gasteiger partial charge in [-0.3, -0.25) is 14.4 Å². The number of ether oxygens (including phenoxy) is 3. The minimum Gasteiger partial charge on any atom is -0.496 e. The van der Waals surface area contributed by atoms with Crippen LogP contribution in [0.25, 0.3) is 6.08 Å². The Morgan fingerprint density at radius 3 is 2.27 bits per heavy atom. The lowest BCUT2D eigenvalue weighted by Crippen LogP contribution is -2.30. The molecular formula is C33H34N4O6S2. The number of amides is 3. The number of benzene rings is 3. The van der Waals surface area contributed by atoms with Crippen LogP contribution in [0, 0.1) is 6.92 Å². The average molecular weight is 647 g/mol. The van der Waals surface area contributed by atoms with Crippen molar-refractivity contribution in [2.24, 2.45) is 0 Å². The number of nitrogens with zero attached hydrogens (tertiary/aromatic N) is 1. The van der Waals surface area contributed by atoms with Crippen molar-refractivity contribution in [3.8, 4) is 17.2 Å². The van der Waals surface area contributed by atoms with Crippen LogP contribution < -0.4 is 30.2 Å². The van der Waals surface area contributed by atoms with Crippen LogP contribution in [-0.4, -0.2) is 49.3 Å². The maximum Gasteiger partial charge on any atom is 0.272 e. The Morgan fingerprint density at radius 2 is 1.62 bits per heavy atom. The van der Waals surface area contributed by atoms with Crippen LogP contribution in [0.2, 0.25) is 0 Å². The van der Waals surface area contributed by atoms with Gasteiger partial charge in [-0.25, -0.2) is 4.98 Å². The second kappa shape index (κ2) is 15.8. The summed E-state index contributed by atoms with van der Waals surface area (Å²) in [6.45, 7) is 3.81. The Hall–Kier alpha value is -4.81. The maximum absolute atomic E-state index is 13.7. The molecule has 0 aliphatic heterocycles. The molecule has 0 saturated heterocycles. The van der Waals surface area contributed by atoms with Crippen LogP contribution in [-0.2, 0) is 9.59 Å². The maximum atomic E-state index is 13.7. The molecular weight excluding hydrogens is 613 g/mol. The summed E-state index contributed by atoms with van der Waals surface area (Å²) in [6, 6.07) is 19.0. The highest BCUT2D eigenvalue weighted by Gasteiger charge is 2.21.